The maximum atomic E-state index is 13.9. The monoisotopic (exact) mass is 393 g/mol. The first kappa shape index (κ1) is 18.2. The van der Waals surface area contributed by atoms with Gasteiger partial charge in [-0.05, 0) is 30.3 Å². The van der Waals surface area contributed by atoms with Gasteiger partial charge in [0.05, 0.1) is 12.1 Å². The second kappa shape index (κ2) is 7.72. The molecule has 0 aliphatic heterocycles. The van der Waals surface area contributed by atoms with Crippen molar-refractivity contribution in [2.24, 2.45) is 0 Å². The highest BCUT2D eigenvalue weighted by molar-refractivity contribution is 7.13. The summed E-state index contributed by atoms with van der Waals surface area (Å²) in [5.41, 5.74) is 0.878. The number of rotatable bonds is 6. The number of aromatic nitrogens is 1. The van der Waals surface area contributed by atoms with Crippen molar-refractivity contribution < 1.29 is 23.8 Å². The van der Waals surface area contributed by atoms with Crippen molar-refractivity contribution in [3.05, 3.63) is 63.9 Å². The van der Waals surface area contributed by atoms with E-state index in [9.17, 15) is 9.18 Å². The van der Waals surface area contributed by atoms with E-state index in [1.54, 1.807) is 24.3 Å². The molecule has 0 spiro atoms. The van der Waals surface area contributed by atoms with Gasteiger partial charge in [-0.15, -0.1) is 11.3 Å². The van der Waals surface area contributed by atoms with E-state index in [4.69, 9.17) is 26.2 Å². The molecule has 0 atom stereocenters. The highest BCUT2D eigenvalue weighted by Gasteiger charge is 2.14. The normalized spacial score (nSPS) is 10.6. The summed E-state index contributed by atoms with van der Waals surface area (Å²) in [7, 11) is 1.49. The van der Waals surface area contributed by atoms with Gasteiger partial charge >= 0.3 is 5.97 Å². The first-order valence-electron chi connectivity index (χ1n) is 7.42. The molecular formula is C18H13ClFNO4S. The minimum Gasteiger partial charge on any atom is -0.493 e. The Kier molecular flexibility index (Phi) is 5.39. The van der Waals surface area contributed by atoms with E-state index in [1.165, 1.54) is 36.0 Å². The van der Waals surface area contributed by atoms with Gasteiger partial charge in [0.2, 0.25) is 0 Å². The predicted molar refractivity (Wildman–Crippen MR) is 96.8 cm³/mol. The van der Waals surface area contributed by atoms with Gasteiger partial charge in [-0.25, -0.2) is 14.2 Å². The summed E-state index contributed by atoms with van der Waals surface area (Å²) in [6, 6.07) is 9.49. The fourth-order valence-corrected chi connectivity index (χ4v) is 3.26. The highest BCUT2D eigenvalue weighted by atomic mass is 35.5. The summed E-state index contributed by atoms with van der Waals surface area (Å²) in [5.74, 6) is -0.724. The van der Waals surface area contributed by atoms with Crippen LogP contribution in [0.25, 0.3) is 10.6 Å². The number of carboxylic acids is 1. The lowest BCUT2D eigenvalue weighted by Gasteiger charge is -2.13. The van der Waals surface area contributed by atoms with Crippen molar-refractivity contribution in [3.63, 3.8) is 0 Å². The van der Waals surface area contributed by atoms with Gasteiger partial charge in [0.1, 0.15) is 17.4 Å². The van der Waals surface area contributed by atoms with Crippen LogP contribution in [0, 0.1) is 5.82 Å². The highest BCUT2D eigenvalue weighted by Crippen LogP contribution is 2.35. The Bertz CT molecular complexity index is 940. The van der Waals surface area contributed by atoms with Gasteiger partial charge in [-0.2, -0.15) is 0 Å². The van der Waals surface area contributed by atoms with Crippen LogP contribution >= 0.6 is 22.9 Å². The summed E-state index contributed by atoms with van der Waals surface area (Å²) >= 11 is 7.22. The number of aromatic carboxylic acids is 1. The molecule has 1 heterocycles. The van der Waals surface area contributed by atoms with Crippen molar-refractivity contribution in [1.82, 2.24) is 4.98 Å². The molecule has 3 rings (SSSR count). The third-order valence-electron chi connectivity index (χ3n) is 3.57. The number of halogens is 2. The molecule has 0 saturated heterocycles. The van der Waals surface area contributed by atoms with E-state index in [0.29, 0.717) is 22.1 Å². The van der Waals surface area contributed by atoms with Crippen LogP contribution in [-0.4, -0.2) is 23.2 Å². The Labute approximate surface area is 157 Å². The molecule has 0 aliphatic rings. The van der Waals surface area contributed by atoms with Crippen molar-refractivity contribution in [3.8, 4) is 22.1 Å². The minimum atomic E-state index is -1.09. The van der Waals surface area contributed by atoms with Crippen LogP contribution < -0.4 is 9.47 Å². The fourth-order valence-electron chi connectivity index (χ4n) is 2.25. The molecular weight excluding hydrogens is 381 g/mol. The number of nitrogens with zero attached hydrogens (tertiary/aromatic N) is 1. The summed E-state index contributed by atoms with van der Waals surface area (Å²) in [4.78, 5) is 15.1. The number of carboxylic acid groups (broad SMARTS) is 1. The number of ether oxygens (including phenoxy) is 2. The molecule has 8 heteroatoms. The topological polar surface area (TPSA) is 68.7 Å². The molecule has 0 bridgehead atoms. The van der Waals surface area contributed by atoms with E-state index < -0.39 is 11.8 Å². The van der Waals surface area contributed by atoms with Crippen LogP contribution in [0.15, 0.2) is 41.8 Å². The molecule has 0 amide bonds. The van der Waals surface area contributed by atoms with Gasteiger partial charge in [-0.1, -0.05) is 17.7 Å². The van der Waals surface area contributed by atoms with E-state index in [0.717, 1.165) is 0 Å². The lowest BCUT2D eigenvalue weighted by atomic mass is 10.2. The summed E-state index contributed by atoms with van der Waals surface area (Å²) in [6.07, 6.45) is 0. The fraction of sp³-hybridized carbons (Fsp3) is 0.111. The largest absolute Gasteiger partial charge is 0.493 e. The van der Waals surface area contributed by atoms with Crippen molar-refractivity contribution in [1.29, 1.82) is 0 Å². The van der Waals surface area contributed by atoms with E-state index in [2.05, 4.69) is 4.98 Å². The van der Waals surface area contributed by atoms with Gasteiger partial charge in [0.25, 0.3) is 0 Å². The lowest BCUT2D eigenvalue weighted by Crippen LogP contribution is -2.01. The second-order valence-electron chi connectivity index (χ2n) is 5.20. The van der Waals surface area contributed by atoms with Crippen LogP contribution in [0.2, 0.25) is 5.02 Å². The standard InChI is InChI=1S/C18H13ClFNO4S/c1-24-15-6-5-10(17-21-14(9-26-17)18(22)23)7-16(15)25-8-11-12(19)3-2-4-13(11)20/h2-7,9H,8H2,1H3,(H,22,23). The lowest BCUT2D eigenvalue weighted by molar-refractivity contribution is 0.0691. The van der Waals surface area contributed by atoms with Crippen LogP contribution in [0.1, 0.15) is 16.1 Å². The Morgan fingerprint density at radius 1 is 1.31 bits per heavy atom. The number of carbonyl (C=O) groups is 1. The zero-order valence-electron chi connectivity index (χ0n) is 13.5. The number of benzene rings is 2. The average molecular weight is 394 g/mol. The van der Waals surface area contributed by atoms with Crippen LogP contribution in [0.5, 0.6) is 11.5 Å². The van der Waals surface area contributed by atoms with Crippen molar-refractivity contribution >= 4 is 28.9 Å². The van der Waals surface area contributed by atoms with E-state index in [1.807, 2.05) is 0 Å². The maximum absolute atomic E-state index is 13.9. The quantitative estimate of drug-likeness (QED) is 0.645. The smallest absolute Gasteiger partial charge is 0.355 e. The number of thiazole rings is 1. The zero-order valence-corrected chi connectivity index (χ0v) is 15.1. The number of hydrogen-bond donors (Lipinski definition) is 1. The van der Waals surface area contributed by atoms with Gasteiger partial charge in [0.15, 0.2) is 17.2 Å². The Balaban J connectivity index is 1.89. The van der Waals surface area contributed by atoms with Gasteiger partial charge in [0, 0.05) is 16.5 Å². The Morgan fingerprint density at radius 3 is 2.77 bits per heavy atom. The molecule has 0 unspecified atom stereocenters. The number of hydrogen-bond acceptors (Lipinski definition) is 5. The van der Waals surface area contributed by atoms with Gasteiger partial charge < -0.3 is 14.6 Å². The minimum absolute atomic E-state index is 0.0265. The molecule has 1 N–H and O–H groups in total. The first-order chi connectivity index (χ1) is 12.5. The maximum Gasteiger partial charge on any atom is 0.355 e. The number of methoxy groups -OCH3 is 1. The molecule has 0 fully saturated rings. The molecule has 3 aromatic rings. The molecule has 0 saturated carbocycles. The Morgan fingerprint density at radius 2 is 2.12 bits per heavy atom. The Hall–Kier alpha value is -2.64. The summed E-state index contributed by atoms with van der Waals surface area (Å²) in [6.45, 7) is -0.0798. The molecule has 0 radical (unpaired) electrons. The van der Waals surface area contributed by atoms with Crippen molar-refractivity contribution in [2.75, 3.05) is 7.11 Å². The van der Waals surface area contributed by atoms with Crippen molar-refractivity contribution in [2.45, 2.75) is 6.61 Å². The molecule has 0 aliphatic carbocycles. The van der Waals surface area contributed by atoms with Crippen LogP contribution in [0.3, 0.4) is 0 Å². The molecule has 2 aromatic carbocycles. The first-order valence-corrected chi connectivity index (χ1v) is 8.68. The second-order valence-corrected chi connectivity index (χ2v) is 6.46. The van der Waals surface area contributed by atoms with Crippen LogP contribution in [0.4, 0.5) is 4.39 Å². The van der Waals surface area contributed by atoms with Gasteiger partial charge in [-0.3, -0.25) is 0 Å². The molecule has 26 heavy (non-hydrogen) atoms. The van der Waals surface area contributed by atoms with E-state index in [-0.39, 0.29) is 22.9 Å². The third kappa shape index (κ3) is 3.79. The average Bonchev–Trinajstić information content (AvgIpc) is 3.11. The third-order valence-corrected chi connectivity index (χ3v) is 4.81. The SMILES string of the molecule is COc1ccc(-c2nc(C(=O)O)cs2)cc1OCc1c(F)cccc1Cl. The van der Waals surface area contributed by atoms with E-state index >= 15 is 0 Å². The molecule has 5 nitrogen and oxygen atoms in total. The predicted octanol–water partition coefficient (Wildman–Crippen LogP) is 4.89. The summed E-state index contributed by atoms with van der Waals surface area (Å²) < 4.78 is 24.9. The van der Waals surface area contributed by atoms with Crippen LogP contribution in [-0.2, 0) is 6.61 Å². The summed E-state index contributed by atoms with van der Waals surface area (Å²) in [5, 5.41) is 11.3. The molecule has 134 valence electrons. The zero-order chi connectivity index (χ0) is 18.7. The molecule has 1 aromatic heterocycles.